The molecule has 9 heteroatoms. The van der Waals surface area contributed by atoms with Crippen LogP contribution in [-0.4, -0.2) is 71.7 Å². The average molecular weight is 441 g/mol. The van der Waals surface area contributed by atoms with Gasteiger partial charge in [-0.15, -0.1) is 11.3 Å². The van der Waals surface area contributed by atoms with E-state index in [0.29, 0.717) is 30.0 Å². The van der Waals surface area contributed by atoms with Gasteiger partial charge < -0.3 is 20.4 Å². The second kappa shape index (κ2) is 9.30. The van der Waals surface area contributed by atoms with Crippen LogP contribution in [-0.2, 0) is 9.59 Å². The van der Waals surface area contributed by atoms with Crippen molar-refractivity contribution >= 4 is 35.0 Å². The van der Waals surface area contributed by atoms with Gasteiger partial charge in [-0.3, -0.25) is 19.2 Å². The van der Waals surface area contributed by atoms with Gasteiger partial charge in [-0.2, -0.15) is 0 Å². The molecule has 0 radical (unpaired) electrons. The van der Waals surface area contributed by atoms with Crippen LogP contribution >= 0.6 is 11.3 Å². The molecule has 2 aliphatic heterocycles. The van der Waals surface area contributed by atoms with Crippen LogP contribution in [0.4, 0.5) is 0 Å². The summed E-state index contributed by atoms with van der Waals surface area (Å²) in [6.07, 6.45) is 1.33. The maximum atomic E-state index is 13.2. The molecule has 0 aliphatic carbocycles. The van der Waals surface area contributed by atoms with Crippen molar-refractivity contribution < 1.29 is 19.2 Å². The quantitative estimate of drug-likeness (QED) is 0.744. The van der Waals surface area contributed by atoms with Crippen molar-refractivity contribution in [3.05, 3.63) is 58.3 Å². The Morgan fingerprint density at radius 2 is 1.84 bits per heavy atom. The van der Waals surface area contributed by atoms with E-state index in [1.807, 2.05) is 11.4 Å². The van der Waals surface area contributed by atoms with Crippen LogP contribution in [0.2, 0.25) is 0 Å². The lowest BCUT2D eigenvalue weighted by Gasteiger charge is -2.41. The van der Waals surface area contributed by atoms with Gasteiger partial charge in [0, 0.05) is 25.2 Å². The van der Waals surface area contributed by atoms with Gasteiger partial charge in [0.2, 0.25) is 11.8 Å². The standard InChI is InChI=1S/C22H24N4O4S/c27-19-16(8-4-10-23-19)24-20(28)17-14-25(22(30)18-9-5-13-31-18)11-12-26(17)21(29)15-6-2-1-3-7-15/h1-3,5-7,9,13,16-17H,4,8,10-12,14H2,(H,23,27)(H,24,28). The Morgan fingerprint density at radius 3 is 2.55 bits per heavy atom. The fourth-order valence-electron chi connectivity index (χ4n) is 3.92. The number of carbonyl (C=O) groups is 4. The first kappa shape index (κ1) is 21.0. The Hall–Kier alpha value is -3.20. The van der Waals surface area contributed by atoms with E-state index in [0.717, 1.165) is 6.42 Å². The number of hydrogen-bond acceptors (Lipinski definition) is 5. The van der Waals surface area contributed by atoms with Crippen LogP contribution in [0, 0.1) is 0 Å². The number of nitrogens with one attached hydrogen (secondary N) is 2. The number of piperidine rings is 1. The first-order chi connectivity index (χ1) is 15.0. The van der Waals surface area contributed by atoms with Crippen molar-refractivity contribution in [2.24, 2.45) is 0 Å². The average Bonchev–Trinajstić information content (AvgIpc) is 3.35. The molecule has 2 saturated heterocycles. The summed E-state index contributed by atoms with van der Waals surface area (Å²) >= 11 is 1.34. The molecule has 1 aromatic heterocycles. The molecule has 2 unspecified atom stereocenters. The smallest absolute Gasteiger partial charge is 0.264 e. The van der Waals surface area contributed by atoms with E-state index in [1.54, 1.807) is 41.3 Å². The Morgan fingerprint density at radius 1 is 1.03 bits per heavy atom. The van der Waals surface area contributed by atoms with Crippen molar-refractivity contribution in [1.82, 2.24) is 20.4 Å². The maximum Gasteiger partial charge on any atom is 0.264 e. The number of thiophene rings is 1. The maximum absolute atomic E-state index is 13.2. The summed E-state index contributed by atoms with van der Waals surface area (Å²) in [5.41, 5.74) is 0.480. The number of nitrogens with zero attached hydrogens (tertiary/aromatic N) is 2. The number of amides is 4. The molecule has 1 aromatic carbocycles. The lowest BCUT2D eigenvalue weighted by atomic mass is 10.0. The van der Waals surface area contributed by atoms with E-state index in [-0.39, 0.29) is 30.8 Å². The van der Waals surface area contributed by atoms with Crippen LogP contribution in [0.15, 0.2) is 47.8 Å². The number of benzene rings is 1. The second-order valence-corrected chi connectivity index (χ2v) is 8.55. The molecule has 4 amide bonds. The zero-order valence-electron chi connectivity index (χ0n) is 17.0. The molecular formula is C22H24N4O4S. The Balaban J connectivity index is 1.55. The molecule has 4 rings (SSSR count). The minimum absolute atomic E-state index is 0.0788. The van der Waals surface area contributed by atoms with Gasteiger partial charge in [0.15, 0.2) is 0 Å². The largest absolute Gasteiger partial charge is 0.354 e. The topological polar surface area (TPSA) is 98.8 Å². The SMILES string of the molecule is O=C1NCCCC1NC(=O)C1CN(C(=O)c2cccs2)CCN1C(=O)c1ccccc1. The zero-order valence-corrected chi connectivity index (χ0v) is 17.8. The highest BCUT2D eigenvalue weighted by atomic mass is 32.1. The summed E-state index contributed by atoms with van der Waals surface area (Å²) in [7, 11) is 0. The van der Waals surface area contributed by atoms with E-state index in [4.69, 9.17) is 0 Å². The lowest BCUT2D eigenvalue weighted by Crippen LogP contribution is -2.63. The first-order valence-electron chi connectivity index (χ1n) is 10.3. The summed E-state index contributed by atoms with van der Waals surface area (Å²) in [5.74, 6) is -1.06. The molecule has 0 spiro atoms. The Bertz CT molecular complexity index is 963. The van der Waals surface area contributed by atoms with E-state index in [9.17, 15) is 19.2 Å². The molecule has 2 aliphatic rings. The highest BCUT2D eigenvalue weighted by Crippen LogP contribution is 2.19. The van der Waals surface area contributed by atoms with Crippen LogP contribution < -0.4 is 10.6 Å². The van der Waals surface area contributed by atoms with E-state index < -0.39 is 18.0 Å². The summed E-state index contributed by atoms with van der Waals surface area (Å²) < 4.78 is 0. The van der Waals surface area contributed by atoms with Crippen molar-refractivity contribution in [1.29, 1.82) is 0 Å². The number of carbonyl (C=O) groups excluding carboxylic acids is 4. The van der Waals surface area contributed by atoms with Crippen molar-refractivity contribution in [3.8, 4) is 0 Å². The molecule has 2 atom stereocenters. The number of rotatable bonds is 4. The van der Waals surface area contributed by atoms with Gasteiger partial charge >= 0.3 is 0 Å². The number of hydrogen-bond donors (Lipinski definition) is 2. The summed E-state index contributed by atoms with van der Waals surface area (Å²) in [5, 5.41) is 7.36. The molecule has 0 saturated carbocycles. The van der Waals surface area contributed by atoms with E-state index in [2.05, 4.69) is 10.6 Å². The summed E-state index contributed by atoms with van der Waals surface area (Å²) in [4.78, 5) is 55.0. The van der Waals surface area contributed by atoms with Crippen LogP contribution in [0.3, 0.4) is 0 Å². The minimum Gasteiger partial charge on any atom is -0.354 e. The monoisotopic (exact) mass is 440 g/mol. The molecular weight excluding hydrogens is 416 g/mol. The van der Waals surface area contributed by atoms with Gasteiger partial charge in [-0.25, -0.2) is 0 Å². The molecule has 2 aromatic rings. The zero-order chi connectivity index (χ0) is 21.8. The molecule has 3 heterocycles. The number of piperazine rings is 1. The third-order valence-corrected chi connectivity index (χ3v) is 6.44. The van der Waals surface area contributed by atoms with Crippen LogP contribution in [0.5, 0.6) is 0 Å². The van der Waals surface area contributed by atoms with Gasteiger partial charge in [-0.1, -0.05) is 24.3 Å². The molecule has 8 nitrogen and oxygen atoms in total. The van der Waals surface area contributed by atoms with Gasteiger partial charge in [0.05, 0.1) is 11.4 Å². The molecule has 2 fully saturated rings. The molecule has 162 valence electrons. The highest BCUT2D eigenvalue weighted by molar-refractivity contribution is 7.12. The van der Waals surface area contributed by atoms with Crippen LogP contribution in [0.25, 0.3) is 0 Å². The molecule has 31 heavy (non-hydrogen) atoms. The summed E-state index contributed by atoms with van der Waals surface area (Å²) in [6.45, 7) is 1.24. The lowest BCUT2D eigenvalue weighted by molar-refractivity contribution is -0.133. The highest BCUT2D eigenvalue weighted by Gasteiger charge is 2.39. The minimum atomic E-state index is -0.875. The third kappa shape index (κ3) is 4.61. The van der Waals surface area contributed by atoms with Crippen molar-refractivity contribution in [2.45, 2.75) is 24.9 Å². The Labute approximate surface area is 184 Å². The van der Waals surface area contributed by atoms with Crippen LogP contribution in [0.1, 0.15) is 32.9 Å². The summed E-state index contributed by atoms with van der Waals surface area (Å²) in [6, 6.07) is 10.8. The fourth-order valence-corrected chi connectivity index (χ4v) is 4.61. The second-order valence-electron chi connectivity index (χ2n) is 7.60. The Kier molecular flexibility index (Phi) is 6.31. The normalized spacial score (nSPS) is 21.4. The molecule has 0 bridgehead atoms. The molecule has 2 N–H and O–H groups in total. The first-order valence-corrected chi connectivity index (χ1v) is 11.2. The van der Waals surface area contributed by atoms with Gasteiger partial charge in [0.25, 0.3) is 11.8 Å². The predicted molar refractivity (Wildman–Crippen MR) is 116 cm³/mol. The predicted octanol–water partition coefficient (Wildman–Crippen LogP) is 1.11. The van der Waals surface area contributed by atoms with Crippen molar-refractivity contribution in [3.63, 3.8) is 0 Å². The van der Waals surface area contributed by atoms with E-state index in [1.165, 1.54) is 16.2 Å². The fraction of sp³-hybridized carbons (Fsp3) is 0.364. The third-order valence-electron chi connectivity index (χ3n) is 5.59. The van der Waals surface area contributed by atoms with E-state index >= 15 is 0 Å². The van der Waals surface area contributed by atoms with Crippen molar-refractivity contribution in [2.75, 3.05) is 26.2 Å². The van der Waals surface area contributed by atoms with Gasteiger partial charge in [0.1, 0.15) is 12.1 Å². The van der Waals surface area contributed by atoms with Gasteiger partial charge in [-0.05, 0) is 36.4 Å².